The summed E-state index contributed by atoms with van der Waals surface area (Å²) in [6.45, 7) is 4.59. The molecule has 9 heteroatoms. The standard InChI is InChI=1S/C24H30Cl2N6O/c1-24(2)8-6-14(7-9-24)28-22(33)15-10-18-20(11-19(15)31(3)4)32(5)23(29-18)30-21-16(25)12-27-13-17(21)26/h10-14H,6-9H2,1-5H3,(H,28,33)(H,27,29,30). The lowest BCUT2D eigenvalue weighted by Crippen LogP contribution is -2.39. The summed E-state index contributed by atoms with van der Waals surface area (Å²) in [5.74, 6) is 0.502. The maximum atomic E-state index is 13.3. The molecule has 0 aliphatic heterocycles. The van der Waals surface area contributed by atoms with Gasteiger partial charge in [0.2, 0.25) is 5.95 Å². The fraction of sp³-hybridized carbons (Fsp3) is 0.458. The second kappa shape index (κ2) is 9.03. The Morgan fingerprint density at radius 1 is 1.15 bits per heavy atom. The molecule has 2 N–H and O–H groups in total. The van der Waals surface area contributed by atoms with Crippen LogP contribution in [0.2, 0.25) is 10.0 Å². The Balaban J connectivity index is 1.66. The van der Waals surface area contributed by atoms with Crippen LogP contribution in [0, 0.1) is 5.41 Å². The molecule has 2 heterocycles. The van der Waals surface area contributed by atoms with E-state index in [0.717, 1.165) is 36.9 Å². The minimum atomic E-state index is -0.0642. The molecule has 2 aromatic heterocycles. The third-order valence-electron chi connectivity index (χ3n) is 6.49. The van der Waals surface area contributed by atoms with Crippen molar-refractivity contribution in [3.05, 3.63) is 40.1 Å². The van der Waals surface area contributed by atoms with Gasteiger partial charge in [-0.1, -0.05) is 37.0 Å². The van der Waals surface area contributed by atoms with Gasteiger partial charge >= 0.3 is 0 Å². The van der Waals surface area contributed by atoms with E-state index >= 15 is 0 Å². The summed E-state index contributed by atoms with van der Waals surface area (Å²) in [5, 5.41) is 7.26. The molecule has 0 radical (unpaired) electrons. The number of anilines is 3. The van der Waals surface area contributed by atoms with Crippen LogP contribution in [0.1, 0.15) is 49.9 Å². The maximum absolute atomic E-state index is 13.3. The molecule has 3 aromatic rings. The van der Waals surface area contributed by atoms with Gasteiger partial charge in [-0.25, -0.2) is 4.98 Å². The molecule has 1 aliphatic rings. The molecule has 0 unspecified atom stereocenters. The quantitative estimate of drug-likeness (QED) is 0.475. The first-order valence-electron chi connectivity index (χ1n) is 11.1. The molecule has 0 bridgehead atoms. The van der Waals surface area contributed by atoms with Crippen LogP contribution in [0.3, 0.4) is 0 Å². The monoisotopic (exact) mass is 488 g/mol. The van der Waals surface area contributed by atoms with E-state index in [2.05, 4.69) is 29.5 Å². The second-order valence-electron chi connectivity index (χ2n) is 9.76. The van der Waals surface area contributed by atoms with E-state index in [0.29, 0.717) is 38.2 Å². The molecular formula is C24H30Cl2N6O. The summed E-state index contributed by atoms with van der Waals surface area (Å²) in [6, 6.07) is 4.05. The lowest BCUT2D eigenvalue weighted by Gasteiger charge is -2.34. The zero-order valence-electron chi connectivity index (χ0n) is 19.7. The third-order valence-corrected chi connectivity index (χ3v) is 7.06. The first kappa shape index (κ1) is 23.6. The number of halogens is 2. The summed E-state index contributed by atoms with van der Waals surface area (Å²) in [5.41, 5.74) is 3.94. The van der Waals surface area contributed by atoms with Crippen molar-refractivity contribution in [3.8, 4) is 0 Å². The van der Waals surface area contributed by atoms with E-state index in [9.17, 15) is 4.79 Å². The van der Waals surface area contributed by atoms with E-state index in [4.69, 9.17) is 28.2 Å². The number of nitrogens with zero attached hydrogens (tertiary/aromatic N) is 4. The average Bonchev–Trinajstić information content (AvgIpc) is 3.06. The summed E-state index contributed by atoms with van der Waals surface area (Å²) in [4.78, 5) is 23.9. The molecule has 1 amide bonds. The van der Waals surface area contributed by atoms with Crippen molar-refractivity contribution in [1.29, 1.82) is 0 Å². The summed E-state index contributed by atoms with van der Waals surface area (Å²) in [6.07, 6.45) is 7.29. The van der Waals surface area contributed by atoms with Crippen molar-refractivity contribution in [3.63, 3.8) is 0 Å². The van der Waals surface area contributed by atoms with Gasteiger partial charge in [0.1, 0.15) is 0 Å². The van der Waals surface area contributed by atoms with Crippen LogP contribution in [0.15, 0.2) is 24.5 Å². The van der Waals surface area contributed by atoms with Crippen molar-refractivity contribution in [1.82, 2.24) is 19.9 Å². The number of aryl methyl sites for hydroxylation is 1. The van der Waals surface area contributed by atoms with Crippen molar-refractivity contribution >= 4 is 57.5 Å². The fourth-order valence-electron chi connectivity index (χ4n) is 4.34. The Labute approximate surface area is 204 Å². The number of amides is 1. The molecule has 1 aliphatic carbocycles. The number of hydrogen-bond donors (Lipinski definition) is 2. The smallest absolute Gasteiger partial charge is 0.253 e. The molecular weight excluding hydrogens is 459 g/mol. The highest BCUT2D eigenvalue weighted by atomic mass is 35.5. The van der Waals surface area contributed by atoms with E-state index in [1.807, 2.05) is 42.7 Å². The highest BCUT2D eigenvalue weighted by Crippen LogP contribution is 2.36. The summed E-state index contributed by atoms with van der Waals surface area (Å²) in [7, 11) is 5.78. The van der Waals surface area contributed by atoms with E-state index in [-0.39, 0.29) is 11.9 Å². The molecule has 0 spiro atoms. The Morgan fingerprint density at radius 3 is 2.39 bits per heavy atom. The second-order valence-corrected chi connectivity index (χ2v) is 10.6. The average molecular weight is 489 g/mol. The molecule has 1 fully saturated rings. The number of rotatable bonds is 5. The van der Waals surface area contributed by atoms with Gasteiger partial charge < -0.3 is 20.1 Å². The highest BCUT2D eigenvalue weighted by molar-refractivity contribution is 6.39. The molecule has 1 saturated carbocycles. The predicted molar refractivity (Wildman–Crippen MR) is 136 cm³/mol. The number of pyridine rings is 1. The van der Waals surface area contributed by atoms with Crippen LogP contribution in [-0.4, -0.2) is 40.6 Å². The van der Waals surface area contributed by atoms with Crippen LogP contribution >= 0.6 is 23.2 Å². The van der Waals surface area contributed by atoms with E-state index < -0.39 is 0 Å². The van der Waals surface area contributed by atoms with Crippen molar-refractivity contribution < 1.29 is 4.79 Å². The molecule has 1 aromatic carbocycles. The lowest BCUT2D eigenvalue weighted by molar-refractivity contribution is 0.0909. The van der Waals surface area contributed by atoms with Gasteiger partial charge in [-0.15, -0.1) is 0 Å². The van der Waals surface area contributed by atoms with Crippen LogP contribution in [0.4, 0.5) is 17.3 Å². The lowest BCUT2D eigenvalue weighted by atomic mass is 9.75. The van der Waals surface area contributed by atoms with Gasteiger partial charge in [-0.2, -0.15) is 0 Å². The first-order chi connectivity index (χ1) is 15.6. The van der Waals surface area contributed by atoms with E-state index in [1.54, 1.807) is 0 Å². The number of fused-ring (bicyclic) bond motifs is 1. The fourth-order valence-corrected chi connectivity index (χ4v) is 4.80. The molecule has 7 nitrogen and oxygen atoms in total. The largest absolute Gasteiger partial charge is 0.377 e. The van der Waals surface area contributed by atoms with Crippen molar-refractivity contribution in [2.45, 2.75) is 45.6 Å². The van der Waals surface area contributed by atoms with Gasteiger partial charge in [-0.05, 0) is 43.2 Å². The summed E-state index contributed by atoms with van der Waals surface area (Å²) < 4.78 is 1.92. The van der Waals surface area contributed by atoms with Crippen LogP contribution in [-0.2, 0) is 7.05 Å². The predicted octanol–water partition coefficient (Wildman–Crippen LogP) is 5.78. The van der Waals surface area contributed by atoms with E-state index in [1.165, 1.54) is 12.4 Å². The summed E-state index contributed by atoms with van der Waals surface area (Å²) >= 11 is 12.5. The van der Waals surface area contributed by atoms with Gasteiger partial charge in [0, 0.05) is 39.6 Å². The zero-order chi connectivity index (χ0) is 23.9. The molecule has 0 atom stereocenters. The number of carbonyl (C=O) groups excluding carboxylic acids is 1. The van der Waals surface area contributed by atoms with Crippen molar-refractivity contribution in [2.75, 3.05) is 24.3 Å². The van der Waals surface area contributed by atoms with Crippen LogP contribution in [0.5, 0.6) is 0 Å². The number of benzene rings is 1. The number of nitrogens with one attached hydrogen (secondary N) is 2. The number of carbonyl (C=O) groups is 1. The normalized spacial score (nSPS) is 16.1. The molecule has 4 rings (SSSR count). The third kappa shape index (κ3) is 4.89. The van der Waals surface area contributed by atoms with Crippen LogP contribution < -0.4 is 15.5 Å². The SMILES string of the molecule is CN(C)c1cc2c(cc1C(=O)NC1CCC(C)(C)CC1)nc(Nc1c(Cl)cncc1Cl)n2C. The van der Waals surface area contributed by atoms with Gasteiger partial charge in [0.25, 0.3) is 5.91 Å². The van der Waals surface area contributed by atoms with Crippen LogP contribution in [0.25, 0.3) is 11.0 Å². The molecule has 33 heavy (non-hydrogen) atoms. The minimum Gasteiger partial charge on any atom is -0.377 e. The topological polar surface area (TPSA) is 75.1 Å². The Morgan fingerprint density at radius 2 is 1.79 bits per heavy atom. The van der Waals surface area contributed by atoms with Gasteiger partial charge in [0.05, 0.1) is 38.0 Å². The number of hydrogen-bond acceptors (Lipinski definition) is 5. The van der Waals surface area contributed by atoms with Gasteiger partial charge in [0.15, 0.2) is 0 Å². The Bertz CT molecular complexity index is 1170. The highest BCUT2D eigenvalue weighted by Gasteiger charge is 2.28. The maximum Gasteiger partial charge on any atom is 0.253 e. The molecule has 176 valence electrons. The Hall–Kier alpha value is -2.51. The van der Waals surface area contributed by atoms with Gasteiger partial charge in [-0.3, -0.25) is 9.78 Å². The molecule has 0 saturated heterocycles. The zero-order valence-corrected chi connectivity index (χ0v) is 21.2. The number of imidazole rings is 1. The van der Waals surface area contributed by atoms with Crippen molar-refractivity contribution in [2.24, 2.45) is 12.5 Å². The Kier molecular flexibility index (Phi) is 6.47. The first-order valence-corrected chi connectivity index (χ1v) is 11.9. The number of aromatic nitrogens is 3. The minimum absolute atomic E-state index is 0.0642.